The normalized spacial score (nSPS) is 15.3. The molecule has 0 bridgehead atoms. The molecule has 1 saturated heterocycles. The molecule has 1 aliphatic rings. The van der Waals surface area contributed by atoms with Gasteiger partial charge >= 0.3 is 0 Å². The topological polar surface area (TPSA) is 32.3 Å². The molecular weight excluding hydrogens is 296 g/mol. The van der Waals surface area contributed by atoms with Crippen molar-refractivity contribution in [2.75, 3.05) is 23.3 Å². The van der Waals surface area contributed by atoms with Gasteiger partial charge in [0.25, 0.3) is 5.91 Å². The van der Waals surface area contributed by atoms with Gasteiger partial charge in [-0.3, -0.25) is 4.79 Å². The zero-order valence-electron chi connectivity index (χ0n) is 14.6. The van der Waals surface area contributed by atoms with Crippen LogP contribution in [0.3, 0.4) is 0 Å². The summed E-state index contributed by atoms with van der Waals surface area (Å²) in [5, 5.41) is 2.98. The van der Waals surface area contributed by atoms with Gasteiger partial charge in [0.2, 0.25) is 0 Å². The molecule has 0 radical (unpaired) electrons. The van der Waals surface area contributed by atoms with Gasteiger partial charge in [0.15, 0.2) is 0 Å². The van der Waals surface area contributed by atoms with Crippen LogP contribution in [0.15, 0.2) is 48.5 Å². The standard InChI is InChI=1S/C21H26N2O/c1-3-16(2)17-6-10-19(11-7-17)22-21(24)18-8-12-20(13-9-18)23-14-4-5-15-23/h6-13,16H,3-5,14-15H2,1-2H3,(H,22,24)/t16-/m0/s1. The lowest BCUT2D eigenvalue weighted by Gasteiger charge is -2.17. The van der Waals surface area contributed by atoms with Gasteiger partial charge in [-0.2, -0.15) is 0 Å². The first kappa shape index (κ1) is 16.6. The van der Waals surface area contributed by atoms with Crippen LogP contribution in [0.1, 0.15) is 54.9 Å². The lowest BCUT2D eigenvalue weighted by atomic mass is 9.98. The van der Waals surface area contributed by atoms with E-state index in [0.717, 1.165) is 25.2 Å². The van der Waals surface area contributed by atoms with Gasteiger partial charge < -0.3 is 10.2 Å². The molecule has 126 valence electrons. The molecule has 2 aromatic rings. The molecular formula is C21H26N2O. The van der Waals surface area contributed by atoms with E-state index in [1.165, 1.54) is 24.1 Å². The number of rotatable bonds is 5. The molecule has 1 N–H and O–H groups in total. The molecule has 0 spiro atoms. The lowest BCUT2D eigenvalue weighted by molar-refractivity contribution is 0.102. The summed E-state index contributed by atoms with van der Waals surface area (Å²) < 4.78 is 0. The Morgan fingerprint density at radius 1 is 1.04 bits per heavy atom. The van der Waals surface area contributed by atoms with Crippen molar-refractivity contribution in [2.45, 2.75) is 39.0 Å². The number of carbonyl (C=O) groups is 1. The minimum absolute atomic E-state index is 0.0562. The molecule has 3 nitrogen and oxygen atoms in total. The van der Waals surface area contributed by atoms with E-state index >= 15 is 0 Å². The van der Waals surface area contributed by atoms with E-state index in [-0.39, 0.29) is 5.91 Å². The molecule has 1 aliphatic heterocycles. The fourth-order valence-electron chi connectivity index (χ4n) is 3.13. The maximum atomic E-state index is 12.4. The molecule has 24 heavy (non-hydrogen) atoms. The summed E-state index contributed by atoms with van der Waals surface area (Å²) in [6, 6.07) is 16.1. The SMILES string of the molecule is CC[C@H](C)c1ccc(NC(=O)c2ccc(N3CCCC3)cc2)cc1. The average molecular weight is 322 g/mol. The van der Waals surface area contributed by atoms with Crippen molar-refractivity contribution >= 4 is 17.3 Å². The zero-order valence-corrected chi connectivity index (χ0v) is 14.6. The monoisotopic (exact) mass is 322 g/mol. The molecule has 1 fully saturated rings. The van der Waals surface area contributed by atoms with Crippen molar-refractivity contribution in [3.63, 3.8) is 0 Å². The van der Waals surface area contributed by atoms with Crippen LogP contribution in [0, 0.1) is 0 Å². The van der Waals surface area contributed by atoms with Gasteiger partial charge in [0.05, 0.1) is 0 Å². The molecule has 3 heteroatoms. The summed E-state index contributed by atoms with van der Waals surface area (Å²) in [6.07, 6.45) is 3.64. The minimum atomic E-state index is -0.0562. The van der Waals surface area contributed by atoms with Crippen molar-refractivity contribution in [2.24, 2.45) is 0 Å². The molecule has 0 aromatic heterocycles. The molecule has 0 saturated carbocycles. The van der Waals surface area contributed by atoms with Crippen LogP contribution in [0.25, 0.3) is 0 Å². The van der Waals surface area contributed by atoms with Crippen molar-refractivity contribution in [1.29, 1.82) is 0 Å². The zero-order chi connectivity index (χ0) is 16.9. The highest BCUT2D eigenvalue weighted by molar-refractivity contribution is 6.04. The second kappa shape index (κ2) is 7.52. The van der Waals surface area contributed by atoms with Crippen LogP contribution in [0.4, 0.5) is 11.4 Å². The average Bonchev–Trinajstić information content (AvgIpc) is 3.16. The third-order valence-electron chi connectivity index (χ3n) is 4.95. The first-order valence-electron chi connectivity index (χ1n) is 8.93. The Kier molecular flexibility index (Phi) is 5.19. The molecule has 1 amide bonds. The highest BCUT2D eigenvalue weighted by Crippen LogP contribution is 2.22. The number of benzene rings is 2. The second-order valence-electron chi connectivity index (χ2n) is 6.63. The molecule has 2 aromatic carbocycles. The van der Waals surface area contributed by atoms with Gasteiger partial charge in [-0.1, -0.05) is 26.0 Å². The minimum Gasteiger partial charge on any atom is -0.372 e. The smallest absolute Gasteiger partial charge is 0.255 e. The molecule has 1 atom stereocenters. The van der Waals surface area contributed by atoms with Crippen LogP contribution in [0.2, 0.25) is 0 Å². The van der Waals surface area contributed by atoms with E-state index in [2.05, 4.69) is 36.2 Å². The predicted octanol–water partition coefficient (Wildman–Crippen LogP) is 5.05. The third kappa shape index (κ3) is 3.78. The van der Waals surface area contributed by atoms with E-state index < -0.39 is 0 Å². The number of hydrogen-bond acceptors (Lipinski definition) is 2. The van der Waals surface area contributed by atoms with Crippen LogP contribution in [0.5, 0.6) is 0 Å². The van der Waals surface area contributed by atoms with E-state index in [9.17, 15) is 4.79 Å². The van der Waals surface area contributed by atoms with Crippen LogP contribution < -0.4 is 10.2 Å². The molecule has 3 rings (SSSR count). The van der Waals surface area contributed by atoms with Crippen LogP contribution in [-0.2, 0) is 0 Å². The Morgan fingerprint density at radius 2 is 1.67 bits per heavy atom. The fraction of sp³-hybridized carbons (Fsp3) is 0.381. The van der Waals surface area contributed by atoms with Gasteiger partial charge in [-0.15, -0.1) is 0 Å². The largest absolute Gasteiger partial charge is 0.372 e. The molecule has 1 heterocycles. The Morgan fingerprint density at radius 3 is 2.25 bits per heavy atom. The summed E-state index contributed by atoms with van der Waals surface area (Å²) >= 11 is 0. The Labute approximate surface area is 144 Å². The summed E-state index contributed by atoms with van der Waals surface area (Å²) in [7, 11) is 0. The summed E-state index contributed by atoms with van der Waals surface area (Å²) in [5.74, 6) is 0.493. The molecule has 0 unspecified atom stereocenters. The summed E-state index contributed by atoms with van der Waals surface area (Å²) in [6.45, 7) is 6.64. The first-order chi connectivity index (χ1) is 11.7. The Balaban J connectivity index is 1.64. The van der Waals surface area contributed by atoms with E-state index in [4.69, 9.17) is 0 Å². The number of hydrogen-bond donors (Lipinski definition) is 1. The number of anilines is 2. The Bertz CT molecular complexity index is 670. The quantitative estimate of drug-likeness (QED) is 0.835. The third-order valence-corrected chi connectivity index (χ3v) is 4.95. The van der Waals surface area contributed by atoms with Crippen molar-refractivity contribution in [1.82, 2.24) is 0 Å². The number of amides is 1. The van der Waals surface area contributed by atoms with Gasteiger partial charge in [-0.05, 0) is 67.1 Å². The lowest BCUT2D eigenvalue weighted by Crippen LogP contribution is -2.18. The van der Waals surface area contributed by atoms with Crippen LogP contribution in [-0.4, -0.2) is 19.0 Å². The van der Waals surface area contributed by atoms with E-state index in [0.29, 0.717) is 11.5 Å². The van der Waals surface area contributed by atoms with Gasteiger partial charge in [0, 0.05) is 30.0 Å². The fourth-order valence-corrected chi connectivity index (χ4v) is 3.13. The maximum absolute atomic E-state index is 12.4. The van der Waals surface area contributed by atoms with Crippen molar-refractivity contribution in [3.8, 4) is 0 Å². The van der Waals surface area contributed by atoms with Crippen molar-refractivity contribution in [3.05, 3.63) is 59.7 Å². The van der Waals surface area contributed by atoms with Gasteiger partial charge in [-0.25, -0.2) is 0 Å². The van der Waals surface area contributed by atoms with Gasteiger partial charge in [0.1, 0.15) is 0 Å². The van der Waals surface area contributed by atoms with E-state index in [1.54, 1.807) is 0 Å². The number of nitrogens with zero attached hydrogens (tertiary/aromatic N) is 1. The highest BCUT2D eigenvalue weighted by atomic mass is 16.1. The predicted molar refractivity (Wildman–Crippen MR) is 101 cm³/mol. The highest BCUT2D eigenvalue weighted by Gasteiger charge is 2.13. The van der Waals surface area contributed by atoms with Crippen molar-refractivity contribution < 1.29 is 4.79 Å². The summed E-state index contributed by atoms with van der Waals surface area (Å²) in [5.41, 5.74) is 4.06. The van der Waals surface area contributed by atoms with E-state index in [1.807, 2.05) is 36.4 Å². The summed E-state index contributed by atoms with van der Waals surface area (Å²) in [4.78, 5) is 14.8. The Hall–Kier alpha value is -2.29. The number of nitrogens with one attached hydrogen (secondary N) is 1. The maximum Gasteiger partial charge on any atom is 0.255 e. The second-order valence-corrected chi connectivity index (χ2v) is 6.63. The van der Waals surface area contributed by atoms with Crippen LogP contribution >= 0.6 is 0 Å². The molecule has 0 aliphatic carbocycles. The first-order valence-corrected chi connectivity index (χ1v) is 8.93. The number of carbonyl (C=O) groups excluding carboxylic acids is 1.